The first-order valence-corrected chi connectivity index (χ1v) is 14.1. The minimum atomic E-state index is -0.254. The first kappa shape index (κ1) is 27.6. The van der Waals surface area contributed by atoms with Crippen LogP contribution in [-0.4, -0.2) is 80.6 Å². The molecule has 0 saturated carbocycles. The fraction of sp³-hybridized carbons (Fsp3) is 0.400. The second-order valence-electron chi connectivity index (χ2n) is 10.7. The van der Waals surface area contributed by atoms with Gasteiger partial charge in [-0.1, -0.05) is 12.1 Å². The van der Waals surface area contributed by atoms with Crippen LogP contribution in [0.4, 0.5) is 11.6 Å². The molecule has 0 spiro atoms. The molecule has 2 fully saturated rings. The number of nitrogens with zero attached hydrogens (tertiary/aromatic N) is 8. The average Bonchev–Trinajstić information content (AvgIpc) is 3.50. The molecule has 0 aliphatic carbocycles. The zero-order valence-corrected chi connectivity index (χ0v) is 23.7. The lowest BCUT2D eigenvalue weighted by Crippen LogP contribution is -2.51. The van der Waals surface area contributed by atoms with Crippen LogP contribution in [0, 0.1) is 11.3 Å². The zero-order chi connectivity index (χ0) is 28.9. The Kier molecular flexibility index (Phi) is 8.21. The van der Waals surface area contributed by atoms with Crippen LogP contribution in [0.3, 0.4) is 0 Å². The van der Waals surface area contributed by atoms with E-state index in [1.165, 1.54) is 11.9 Å². The van der Waals surface area contributed by atoms with E-state index in [0.29, 0.717) is 35.8 Å². The molecule has 4 aromatic rings. The summed E-state index contributed by atoms with van der Waals surface area (Å²) in [5.74, 6) is 2.22. The maximum atomic E-state index is 9.58. The summed E-state index contributed by atoms with van der Waals surface area (Å²) in [6.07, 6.45) is 7.03. The molecule has 2 aliphatic rings. The monoisotopic (exact) mass is 567 g/mol. The average molecular weight is 568 g/mol. The number of benzene rings is 2. The Morgan fingerprint density at radius 3 is 2.55 bits per heavy atom. The maximum Gasteiger partial charge on any atom is 0.227 e. The van der Waals surface area contributed by atoms with E-state index >= 15 is 0 Å². The summed E-state index contributed by atoms with van der Waals surface area (Å²) in [5.41, 5.74) is 4.18. The van der Waals surface area contributed by atoms with Crippen LogP contribution in [0.15, 0.2) is 55.1 Å². The smallest absolute Gasteiger partial charge is 0.227 e. The Labute approximate surface area is 244 Å². The van der Waals surface area contributed by atoms with Crippen LogP contribution in [-0.2, 0) is 11.3 Å². The van der Waals surface area contributed by atoms with Crippen LogP contribution in [0.5, 0.6) is 11.5 Å². The number of nitriles is 1. The molecule has 2 saturated heterocycles. The van der Waals surface area contributed by atoms with Crippen molar-refractivity contribution in [1.29, 1.82) is 5.26 Å². The van der Waals surface area contributed by atoms with E-state index in [-0.39, 0.29) is 6.10 Å². The number of rotatable bonds is 10. The highest BCUT2D eigenvalue weighted by molar-refractivity contribution is 5.68. The molecular formula is C30H33N9O3. The molecule has 0 unspecified atom stereocenters. The Hall–Kier alpha value is -4.60. The maximum absolute atomic E-state index is 9.58. The first-order chi connectivity index (χ1) is 20.6. The molecule has 12 nitrogen and oxygen atoms in total. The lowest BCUT2D eigenvalue weighted by molar-refractivity contribution is -0.0712. The fourth-order valence-electron chi connectivity index (χ4n) is 5.43. The van der Waals surface area contributed by atoms with Crippen molar-refractivity contribution in [2.75, 3.05) is 38.7 Å². The van der Waals surface area contributed by atoms with Crippen molar-refractivity contribution in [2.24, 2.45) is 0 Å². The van der Waals surface area contributed by atoms with Gasteiger partial charge in [-0.3, -0.25) is 4.90 Å². The van der Waals surface area contributed by atoms with E-state index < -0.39 is 0 Å². The van der Waals surface area contributed by atoms with Gasteiger partial charge in [0.25, 0.3) is 0 Å². The molecule has 2 aromatic carbocycles. The number of anilines is 2. The van der Waals surface area contributed by atoms with E-state index in [2.05, 4.69) is 53.9 Å². The third-order valence-electron chi connectivity index (χ3n) is 7.86. The van der Waals surface area contributed by atoms with Crippen molar-refractivity contribution in [2.45, 2.75) is 44.4 Å². The van der Waals surface area contributed by atoms with E-state index in [0.717, 1.165) is 61.7 Å². The lowest BCUT2D eigenvalue weighted by Gasteiger charge is -2.41. The SMILES string of the molecule is COc1cc(C2CCN(C3COC3)CC2)ccc1Nc1ncc(-c2ccc(C#N)c(O[C@@H](C)Cn3cnnn3)c2)cn1. The molecule has 42 heavy (non-hydrogen) atoms. The molecule has 1 atom stereocenters. The number of methoxy groups -OCH3 is 1. The second kappa shape index (κ2) is 12.5. The highest BCUT2D eigenvalue weighted by atomic mass is 16.5. The van der Waals surface area contributed by atoms with E-state index in [4.69, 9.17) is 14.2 Å². The topological polar surface area (TPSA) is 136 Å². The van der Waals surface area contributed by atoms with Crippen LogP contribution in [0.2, 0.25) is 0 Å². The van der Waals surface area contributed by atoms with Crippen molar-refractivity contribution in [3.8, 4) is 28.7 Å². The van der Waals surface area contributed by atoms with Gasteiger partial charge in [-0.15, -0.1) is 5.10 Å². The summed E-state index contributed by atoms with van der Waals surface area (Å²) in [4.78, 5) is 11.6. The van der Waals surface area contributed by atoms with Crippen molar-refractivity contribution >= 4 is 11.6 Å². The number of piperidine rings is 1. The summed E-state index contributed by atoms with van der Waals surface area (Å²) in [6.45, 7) is 6.30. The van der Waals surface area contributed by atoms with Gasteiger partial charge in [0.1, 0.15) is 30.0 Å². The Balaban J connectivity index is 1.11. The number of hydrogen-bond donors (Lipinski definition) is 1. The normalized spacial score (nSPS) is 16.8. The molecule has 12 heteroatoms. The zero-order valence-electron chi connectivity index (χ0n) is 23.7. The molecule has 0 bridgehead atoms. The molecular weight excluding hydrogens is 534 g/mol. The third-order valence-corrected chi connectivity index (χ3v) is 7.86. The van der Waals surface area contributed by atoms with Gasteiger partial charge in [0.05, 0.1) is 44.2 Å². The second-order valence-corrected chi connectivity index (χ2v) is 10.7. The van der Waals surface area contributed by atoms with Gasteiger partial charge in [0.15, 0.2) is 0 Å². The van der Waals surface area contributed by atoms with Crippen LogP contribution < -0.4 is 14.8 Å². The summed E-state index contributed by atoms with van der Waals surface area (Å²) in [5, 5.41) is 24.0. The molecule has 2 aromatic heterocycles. The van der Waals surface area contributed by atoms with Gasteiger partial charge < -0.3 is 19.5 Å². The Bertz CT molecular complexity index is 1530. The summed E-state index contributed by atoms with van der Waals surface area (Å²) in [7, 11) is 1.68. The quantitative estimate of drug-likeness (QED) is 0.300. The lowest BCUT2D eigenvalue weighted by atomic mass is 9.88. The van der Waals surface area contributed by atoms with Crippen LogP contribution >= 0.6 is 0 Å². The highest BCUT2D eigenvalue weighted by Gasteiger charge is 2.30. The van der Waals surface area contributed by atoms with Gasteiger partial charge in [0, 0.05) is 18.0 Å². The number of tetrazole rings is 1. The predicted molar refractivity (Wildman–Crippen MR) is 155 cm³/mol. The van der Waals surface area contributed by atoms with E-state index in [9.17, 15) is 5.26 Å². The molecule has 6 rings (SSSR count). The van der Waals surface area contributed by atoms with Gasteiger partial charge in [-0.25, -0.2) is 14.6 Å². The van der Waals surface area contributed by atoms with Crippen molar-refractivity contribution < 1.29 is 14.2 Å². The van der Waals surface area contributed by atoms with Crippen molar-refractivity contribution in [3.63, 3.8) is 0 Å². The largest absolute Gasteiger partial charge is 0.495 e. The fourth-order valence-corrected chi connectivity index (χ4v) is 5.43. The van der Waals surface area contributed by atoms with Gasteiger partial charge in [-0.05, 0) is 84.6 Å². The van der Waals surface area contributed by atoms with E-state index in [1.807, 2.05) is 25.1 Å². The number of likely N-dealkylation sites (tertiary alicyclic amines) is 1. The minimum Gasteiger partial charge on any atom is -0.495 e. The van der Waals surface area contributed by atoms with Crippen LogP contribution in [0.25, 0.3) is 11.1 Å². The van der Waals surface area contributed by atoms with Crippen molar-refractivity contribution in [1.82, 2.24) is 35.1 Å². The predicted octanol–water partition coefficient (Wildman–Crippen LogP) is 3.80. The Morgan fingerprint density at radius 2 is 1.88 bits per heavy atom. The molecule has 0 amide bonds. The van der Waals surface area contributed by atoms with Crippen molar-refractivity contribution in [3.05, 3.63) is 66.2 Å². The van der Waals surface area contributed by atoms with Gasteiger partial charge in [-0.2, -0.15) is 5.26 Å². The number of ether oxygens (including phenoxy) is 3. The molecule has 216 valence electrons. The van der Waals surface area contributed by atoms with E-state index in [1.54, 1.807) is 30.3 Å². The van der Waals surface area contributed by atoms with Gasteiger partial charge >= 0.3 is 0 Å². The standard InChI is InChI=1S/C30H33N9O3/c1-20(16-39-19-34-36-37-39)42-28-11-23(3-4-24(28)13-31)25-14-32-30(33-15-25)35-27-6-5-22(12-29(27)40-2)21-7-9-38(10-8-21)26-17-41-18-26/h3-6,11-12,14-15,19-21,26H,7-10,16-18H2,1-2H3,(H,32,33,35)/t20-/m0/s1. The number of aromatic nitrogens is 6. The molecule has 2 aliphatic heterocycles. The van der Waals surface area contributed by atoms with Crippen LogP contribution in [0.1, 0.15) is 36.8 Å². The molecule has 0 radical (unpaired) electrons. The van der Waals surface area contributed by atoms with Gasteiger partial charge in [0.2, 0.25) is 5.95 Å². The first-order valence-electron chi connectivity index (χ1n) is 14.1. The highest BCUT2D eigenvalue weighted by Crippen LogP contribution is 2.35. The third kappa shape index (κ3) is 6.17. The molecule has 4 heterocycles. The summed E-state index contributed by atoms with van der Waals surface area (Å²) >= 11 is 0. The Morgan fingerprint density at radius 1 is 1.07 bits per heavy atom. The number of hydrogen-bond acceptors (Lipinski definition) is 11. The molecule has 1 N–H and O–H groups in total. The minimum absolute atomic E-state index is 0.254. The number of nitrogens with one attached hydrogen (secondary N) is 1. The summed E-state index contributed by atoms with van der Waals surface area (Å²) < 4.78 is 18.7. The summed E-state index contributed by atoms with van der Waals surface area (Å²) in [6, 6.07) is 14.5.